The third kappa shape index (κ3) is 2.63. The van der Waals surface area contributed by atoms with Gasteiger partial charge in [-0.1, -0.05) is 0 Å². The zero-order chi connectivity index (χ0) is 15.2. The van der Waals surface area contributed by atoms with Crippen molar-refractivity contribution >= 4 is 15.2 Å². The fourth-order valence-corrected chi connectivity index (χ4v) is 4.33. The molecule has 20 heavy (non-hydrogen) atoms. The largest absolute Gasteiger partial charge is 0.369 e. The molecule has 0 atom stereocenters. The maximum Gasteiger partial charge on any atom is 0.369 e. The van der Waals surface area contributed by atoms with E-state index in [4.69, 9.17) is 19.6 Å². The molecule has 0 unspecified atom stereocenters. The van der Waals surface area contributed by atoms with Crippen molar-refractivity contribution in [2.24, 2.45) is 0 Å². The van der Waals surface area contributed by atoms with Crippen molar-refractivity contribution in [2.75, 3.05) is 0 Å². The third-order valence-corrected chi connectivity index (χ3v) is 7.15. The monoisotopic (exact) mass is 326 g/mol. The van der Waals surface area contributed by atoms with Gasteiger partial charge in [0.15, 0.2) is 0 Å². The topological polar surface area (TPSA) is 153 Å². The molecule has 1 aliphatic heterocycles. The van der Waals surface area contributed by atoms with Crippen molar-refractivity contribution in [3.63, 3.8) is 0 Å². The summed E-state index contributed by atoms with van der Waals surface area (Å²) in [6.07, 6.45) is 2.88. The molecular weight excluding hydrogens is 310 g/mol. The molecule has 114 valence electrons. The van der Waals surface area contributed by atoms with Crippen molar-refractivity contribution in [1.29, 1.82) is 0 Å². The first-order valence-electron chi connectivity index (χ1n) is 5.93. The molecule has 0 bridgehead atoms. The van der Waals surface area contributed by atoms with E-state index in [0.717, 1.165) is 12.8 Å². The Hall–Kier alpha value is -0.530. The van der Waals surface area contributed by atoms with E-state index in [9.17, 15) is 14.2 Å². The van der Waals surface area contributed by atoms with E-state index in [2.05, 4.69) is 4.98 Å². The highest BCUT2D eigenvalue weighted by Crippen LogP contribution is 2.68. The summed E-state index contributed by atoms with van der Waals surface area (Å²) in [6, 6.07) is 0. The molecule has 0 amide bonds. The van der Waals surface area contributed by atoms with Crippen LogP contribution in [0.5, 0.6) is 0 Å². The molecule has 0 spiro atoms. The molecule has 0 aromatic carbocycles. The molecule has 2 rings (SSSR count). The van der Waals surface area contributed by atoms with Crippen LogP contribution in [-0.2, 0) is 28.5 Å². The fraction of sp³-hybridized carbons (Fsp3) is 0.667. The number of aryl methyl sites for hydroxylation is 1. The van der Waals surface area contributed by atoms with Gasteiger partial charge in [0, 0.05) is 31.3 Å². The lowest BCUT2D eigenvalue weighted by atomic mass is 10.1. The summed E-state index contributed by atoms with van der Waals surface area (Å²) in [6.45, 7) is 0.545. The number of hydrogen-bond acceptors (Lipinski definition) is 4. The first-order valence-corrected chi connectivity index (χ1v) is 9.16. The van der Waals surface area contributed by atoms with E-state index in [-0.39, 0.29) is 5.69 Å². The average molecular weight is 326 g/mol. The lowest BCUT2D eigenvalue weighted by molar-refractivity contribution is 0.129. The van der Waals surface area contributed by atoms with Crippen LogP contribution in [-0.4, -0.2) is 39.3 Å². The molecule has 0 saturated carbocycles. The molecule has 0 radical (unpaired) electrons. The molecule has 0 fully saturated rings. The van der Waals surface area contributed by atoms with Crippen molar-refractivity contribution in [3.8, 4) is 0 Å². The maximum absolute atomic E-state index is 11.3. The number of hydrogen-bond donors (Lipinski definition) is 5. The van der Waals surface area contributed by atoms with Crippen molar-refractivity contribution < 1.29 is 33.8 Å². The molecular formula is C9H16N2O7P2. The highest BCUT2D eigenvalue weighted by atomic mass is 31.2. The van der Waals surface area contributed by atoms with Crippen LogP contribution >= 0.6 is 15.2 Å². The van der Waals surface area contributed by atoms with E-state index in [1.807, 2.05) is 0 Å². The van der Waals surface area contributed by atoms with Gasteiger partial charge in [0.2, 0.25) is 0 Å². The molecule has 0 saturated heterocycles. The summed E-state index contributed by atoms with van der Waals surface area (Å²) in [7, 11) is -10.9. The van der Waals surface area contributed by atoms with E-state index < -0.39 is 26.7 Å². The Morgan fingerprint density at radius 3 is 2.35 bits per heavy atom. The predicted molar refractivity (Wildman–Crippen MR) is 67.9 cm³/mol. The van der Waals surface area contributed by atoms with Gasteiger partial charge >= 0.3 is 15.2 Å². The van der Waals surface area contributed by atoms with Crippen LogP contribution < -0.4 is 0 Å². The normalized spacial score (nSPS) is 17.1. The SMILES string of the molecule is O=P(O)(O)C(O)(Cc1cnc2n1CCCC2)P(=O)(O)O. The smallest absolute Gasteiger partial charge is 0.367 e. The van der Waals surface area contributed by atoms with Gasteiger partial charge in [0.05, 0.1) is 0 Å². The maximum atomic E-state index is 11.3. The van der Waals surface area contributed by atoms with Crippen LogP contribution in [0, 0.1) is 0 Å². The fourth-order valence-electron chi connectivity index (χ4n) is 2.24. The number of rotatable bonds is 4. The third-order valence-electron chi connectivity index (χ3n) is 3.40. The standard InChI is InChI=1S/C9H16N2O7P2/c12-9(19(13,14)15,20(16,17)18)5-7-6-10-8-3-1-2-4-11(7)8/h6,12H,1-5H2,(H2,13,14,15)(H2,16,17,18). The van der Waals surface area contributed by atoms with Gasteiger partial charge < -0.3 is 29.2 Å². The highest BCUT2D eigenvalue weighted by Gasteiger charge is 2.59. The van der Waals surface area contributed by atoms with E-state index in [0.29, 0.717) is 18.8 Å². The Bertz CT molecular complexity index is 579. The summed E-state index contributed by atoms with van der Waals surface area (Å²) in [5.41, 5.74) is 0.203. The summed E-state index contributed by atoms with van der Waals surface area (Å²) < 4.78 is 24.3. The summed E-state index contributed by atoms with van der Waals surface area (Å²) in [5.74, 6) is 0.685. The van der Waals surface area contributed by atoms with Gasteiger partial charge in [-0.25, -0.2) is 4.98 Å². The Balaban J connectivity index is 2.42. The number of fused-ring (bicyclic) bond motifs is 1. The zero-order valence-corrected chi connectivity index (χ0v) is 12.2. The molecule has 2 heterocycles. The van der Waals surface area contributed by atoms with Gasteiger partial charge in [0.1, 0.15) is 5.82 Å². The molecule has 0 aliphatic carbocycles. The van der Waals surface area contributed by atoms with Crippen LogP contribution in [0.3, 0.4) is 0 Å². The average Bonchev–Trinajstić information content (AvgIpc) is 2.70. The van der Waals surface area contributed by atoms with Crippen molar-refractivity contribution in [2.45, 2.75) is 37.3 Å². The Morgan fingerprint density at radius 1 is 1.20 bits per heavy atom. The van der Waals surface area contributed by atoms with Crippen LogP contribution in [0.15, 0.2) is 6.20 Å². The van der Waals surface area contributed by atoms with E-state index in [1.54, 1.807) is 4.57 Å². The second-order valence-electron chi connectivity index (χ2n) is 4.81. The Kier molecular flexibility index (Phi) is 3.99. The predicted octanol–water partition coefficient (Wildman–Crippen LogP) is -0.237. The Morgan fingerprint density at radius 2 is 1.80 bits per heavy atom. The molecule has 1 aromatic heterocycles. The number of imidazole rings is 1. The molecule has 11 heteroatoms. The number of aromatic nitrogens is 2. The lowest BCUT2D eigenvalue weighted by Gasteiger charge is -2.29. The van der Waals surface area contributed by atoms with Crippen LogP contribution in [0.1, 0.15) is 24.4 Å². The molecule has 1 aliphatic rings. The van der Waals surface area contributed by atoms with Crippen molar-refractivity contribution in [3.05, 3.63) is 17.7 Å². The summed E-state index contributed by atoms with van der Waals surface area (Å²) >= 11 is 0. The van der Waals surface area contributed by atoms with Gasteiger partial charge in [-0.3, -0.25) is 9.13 Å². The van der Waals surface area contributed by atoms with Crippen LogP contribution in [0.4, 0.5) is 0 Å². The first kappa shape index (κ1) is 15.9. The number of aliphatic hydroxyl groups is 1. The van der Waals surface area contributed by atoms with Gasteiger partial charge in [-0.2, -0.15) is 0 Å². The van der Waals surface area contributed by atoms with Gasteiger partial charge in [-0.15, -0.1) is 0 Å². The quantitative estimate of drug-likeness (QED) is 0.475. The van der Waals surface area contributed by atoms with Gasteiger partial charge in [0.25, 0.3) is 5.08 Å². The lowest BCUT2D eigenvalue weighted by Crippen LogP contribution is -2.32. The van der Waals surface area contributed by atoms with E-state index in [1.165, 1.54) is 6.20 Å². The Labute approximate surface area is 114 Å². The summed E-state index contributed by atoms with van der Waals surface area (Å²) in [5, 5.41) is 6.47. The van der Waals surface area contributed by atoms with Crippen LogP contribution in [0.25, 0.3) is 0 Å². The molecule has 9 nitrogen and oxygen atoms in total. The first-order chi connectivity index (χ1) is 9.06. The minimum Gasteiger partial charge on any atom is -0.367 e. The van der Waals surface area contributed by atoms with Crippen molar-refractivity contribution in [1.82, 2.24) is 9.55 Å². The molecule has 5 N–H and O–H groups in total. The minimum atomic E-state index is -5.43. The zero-order valence-electron chi connectivity index (χ0n) is 10.5. The summed E-state index contributed by atoms with van der Waals surface area (Å²) in [4.78, 5) is 40.5. The van der Waals surface area contributed by atoms with E-state index >= 15 is 0 Å². The van der Waals surface area contributed by atoms with Gasteiger partial charge in [-0.05, 0) is 12.8 Å². The second-order valence-corrected chi connectivity index (χ2v) is 8.82. The van der Waals surface area contributed by atoms with Crippen LogP contribution in [0.2, 0.25) is 0 Å². The minimum absolute atomic E-state index is 0.203. The highest BCUT2D eigenvalue weighted by molar-refractivity contribution is 7.72. The second kappa shape index (κ2) is 5.03. The number of nitrogens with zero attached hydrogens (tertiary/aromatic N) is 2. The molecule has 1 aromatic rings.